The van der Waals surface area contributed by atoms with Gasteiger partial charge >= 0.3 is 21.8 Å². The molecule has 23 heavy (non-hydrogen) atoms. The fourth-order valence-corrected chi connectivity index (χ4v) is 0.661. The quantitative estimate of drug-likeness (QED) is 0.430. The number of benzene rings is 1. The highest BCUT2D eigenvalue weighted by Crippen LogP contribution is 2.14. The standard InChI is InChI=1S/C6H5ClO.3BF4/c7-5-2-1-3-6(8)4-5;3*2-1(3,4)5/h1-4,8H;;;/q;3*-1. The van der Waals surface area contributed by atoms with E-state index in [-0.39, 0.29) is 5.75 Å². The lowest BCUT2D eigenvalue weighted by Gasteiger charge is -1.94. The van der Waals surface area contributed by atoms with Crippen molar-refractivity contribution in [2.45, 2.75) is 0 Å². The molecule has 138 valence electrons. The molecule has 0 aliphatic heterocycles. The summed E-state index contributed by atoms with van der Waals surface area (Å²) in [5, 5.41) is 9.29. The van der Waals surface area contributed by atoms with E-state index in [1.54, 1.807) is 18.2 Å². The molecule has 0 spiro atoms. The second-order valence-electron chi connectivity index (χ2n) is 2.96. The number of hydrogen-bond acceptors (Lipinski definition) is 1. The summed E-state index contributed by atoms with van der Waals surface area (Å²) >= 11 is 5.48. The molecule has 1 nitrogen and oxygen atoms in total. The van der Waals surface area contributed by atoms with E-state index in [0.29, 0.717) is 5.02 Å². The van der Waals surface area contributed by atoms with Gasteiger partial charge in [0.1, 0.15) is 5.75 Å². The Hall–Kier alpha value is -1.34. The van der Waals surface area contributed by atoms with E-state index >= 15 is 0 Å². The lowest BCUT2D eigenvalue weighted by atomic mass is 10.3. The summed E-state index contributed by atoms with van der Waals surface area (Å²) in [5.74, 6) is 0.206. The summed E-state index contributed by atoms with van der Waals surface area (Å²) in [4.78, 5) is 0. The van der Waals surface area contributed by atoms with Crippen LogP contribution in [0.4, 0.5) is 51.8 Å². The molecular formula is C6H5B3ClF12O-3. The summed E-state index contributed by atoms with van der Waals surface area (Å²) in [6, 6.07) is 6.46. The van der Waals surface area contributed by atoms with Gasteiger partial charge in [-0.2, -0.15) is 0 Å². The number of hydrogen-bond donors (Lipinski definition) is 1. The zero-order valence-electron chi connectivity index (χ0n) is 10.4. The van der Waals surface area contributed by atoms with Crippen LogP contribution in [0.25, 0.3) is 0 Å². The van der Waals surface area contributed by atoms with Crippen LogP contribution in [-0.4, -0.2) is 26.9 Å². The highest BCUT2D eigenvalue weighted by atomic mass is 35.5. The van der Waals surface area contributed by atoms with Crippen LogP contribution in [0.2, 0.25) is 5.02 Å². The molecule has 0 amide bonds. The van der Waals surface area contributed by atoms with Crippen LogP contribution in [0.3, 0.4) is 0 Å². The summed E-state index contributed by atoms with van der Waals surface area (Å²) < 4.78 is 117. The molecule has 0 aliphatic rings. The van der Waals surface area contributed by atoms with Gasteiger partial charge in [0.05, 0.1) is 0 Å². The Morgan fingerprint density at radius 3 is 1.04 bits per heavy atom. The largest absolute Gasteiger partial charge is 0.673 e. The van der Waals surface area contributed by atoms with E-state index in [1.807, 2.05) is 0 Å². The van der Waals surface area contributed by atoms with E-state index in [1.165, 1.54) is 6.07 Å². The van der Waals surface area contributed by atoms with Crippen molar-refractivity contribution in [3.05, 3.63) is 29.3 Å². The first-order valence-electron chi connectivity index (χ1n) is 4.85. The van der Waals surface area contributed by atoms with Gasteiger partial charge in [-0.25, -0.2) is 0 Å². The molecule has 0 heterocycles. The van der Waals surface area contributed by atoms with Crippen molar-refractivity contribution in [3.63, 3.8) is 0 Å². The lowest BCUT2D eigenvalue weighted by molar-refractivity contribution is 0.366. The maximum Gasteiger partial charge on any atom is 0.673 e. The van der Waals surface area contributed by atoms with Gasteiger partial charge in [0.15, 0.2) is 0 Å². The van der Waals surface area contributed by atoms with Crippen LogP contribution < -0.4 is 0 Å². The summed E-state index contributed by atoms with van der Waals surface area (Å²) in [6.45, 7) is 0. The predicted octanol–water partition coefficient (Wildman–Crippen LogP) is 5.95. The molecule has 0 atom stereocenters. The molecular weight excluding hydrogens is 384 g/mol. The Balaban J connectivity index is -0.000000240. The topological polar surface area (TPSA) is 20.2 Å². The second kappa shape index (κ2) is 11.2. The SMILES string of the molecule is F[B-](F)(F)F.F[B-](F)(F)F.F[B-](F)(F)F.Oc1cccc(Cl)c1. The lowest BCUT2D eigenvalue weighted by Crippen LogP contribution is -2.02. The number of phenolic OH excluding ortho intramolecular Hbond substituents is 1. The number of rotatable bonds is 0. The fraction of sp³-hybridized carbons (Fsp3) is 0. The van der Waals surface area contributed by atoms with E-state index < -0.39 is 21.8 Å². The molecule has 0 saturated heterocycles. The van der Waals surface area contributed by atoms with Crippen LogP contribution in [0.1, 0.15) is 0 Å². The third-order valence-corrected chi connectivity index (χ3v) is 1.04. The minimum absolute atomic E-state index is 0.206. The summed E-state index contributed by atoms with van der Waals surface area (Å²) in [7, 11) is -18.0. The molecule has 1 rings (SSSR count). The van der Waals surface area contributed by atoms with Gasteiger partial charge in [-0.3, -0.25) is 0 Å². The molecule has 0 aromatic heterocycles. The number of phenols is 1. The smallest absolute Gasteiger partial charge is 0.508 e. The van der Waals surface area contributed by atoms with Crippen LogP contribution in [0.15, 0.2) is 24.3 Å². The first-order valence-corrected chi connectivity index (χ1v) is 5.23. The maximum absolute atomic E-state index is 9.75. The van der Waals surface area contributed by atoms with Crippen molar-refractivity contribution in [1.29, 1.82) is 0 Å². The van der Waals surface area contributed by atoms with Gasteiger partial charge in [-0.05, 0) is 18.2 Å². The average molecular weight is 389 g/mol. The van der Waals surface area contributed by atoms with E-state index in [9.17, 15) is 51.8 Å². The van der Waals surface area contributed by atoms with Crippen LogP contribution in [0.5, 0.6) is 5.75 Å². The minimum atomic E-state index is -6.00. The van der Waals surface area contributed by atoms with Crippen LogP contribution in [-0.2, 0) is 0 Å². The number of aromatic hydroxyl groups is 1. The molecule has 1 N–H and O–H groups in total. The molecule has 17 heteroatoms. The highest BCUT2D eigenvalue weighted by molar-refractivity contribution is 6.50. The zero-order chi connectivity index (χ0) is 19.5. The Kier molecular flexibility index (Phi) is 13.0. The van der Waals surface area contributed by atoms with Crippen molar-refractivity contribution in [3.8, 4) is 5.75 Å². The van der Waals surface area contributed by atoms with Crippen LogP contribution in [0, 0.1) is 0 Å². The van der Waals surface area contributed by atoms with Crippen molar-refractivity contribution >= 4 is 33.4 Å². The average Bonchev–Trinajstić information content (AvgIpc) is 2.07. The van der Waals surface area contributed by atoms with Gasteiger partial charge in [0.2, 0.25) is 0 Å². The molecule has 1 aromatic carbocycles. The molecule has 0 unspecified atom stereocenters. The van der Waals surface area contributed by atoms with Crippen LogP contribution >= 0.6 is 11.6 Å². The Morgan fingerprint density at radius 1 is 0.652 bits per heavy atom. The van der Waals surface area contributed by atoms with Crippen molar-refractivity contribution in [1.82, 2.24) is 0 Å². The van der Waals surface area contributed by atoms with Crippen molar-refractivity contribution < 1.29 is 56.9 Å². The highest BCUT2D eigenvalue weighted by Gasteiger charge is 2.21. The first-order chi connectivity index (χ1) is 9.79. The molecule has 0 fully saturated rings. The third-order valence-electron chi connectivity index (χ3n) is 0.808. The second-order valence-corrected chi connectivity index (χ2v) is 3.40. The van der Waals surface area contributed by atoms with Gasteiger partial charge in [0, 0.05) is 5.02 Å². The minimum Gasteiger partial charge on any atom is -0.508 e. The van der Waals surface area contributed by atoms with Crippen molar-refractivity contribution in [2.75, 3.05) is 0 Å². The maximum atomic E-state index is 9.75. The molecule has 0 radical (unpaired) electrons. The van der Waals surface area contributed by atoms with E-state index in [2.05, 4.69) is 0 Å². The van der Waals surface area contributed by atoms with E-state index in [0.717, 1.165) is 0 Å². The molecule has 0 saturated carbocycles. The fourth-order valence-electron chi connectivity index (χ4n) is 0.476. The van der Waals surface area contributed by atoms with Crippen molar-refractivity contribution in [2.24, 2.45) is 0 Å². The number of halogens is 13. The Morgan fingerprint density at radius 2 is 0.913 bits per heavy atom. The normalized spacial score (nSPS) is 11.0. The Bertz CT molecular complexity index is 355. The third kappa shape index (κ3) is 95.9. The first kappa shape index (κ1) is 26.6. The molecule has 0 aliphatic carbocycles. The molecule has 1 aromatic rings. The Labute approximate surface area is 126 Å². The van der Waals surface area contributed by atoms with Gasteiger partial charge < -0.3 is 56.9 Å². The van der Waals surface area contributed by atoms with Gasteiger partial charge in [-0.15, -0.1) is 0 Å². The van der Waals surface area contributed by atoms with Gasteiger partial charge in [-0.1, -0.05) is 17.7 Å². The molecule has 0 bridgehead atoms. The zero-order valence-corrected chi connectivity index (χ0v) is 11.2. The predicted molar refractivity (Wildman–Crippen MR) is 63.7 cm³/mol. The van der Waals surface area contributed by atoms with E-state index in [4.69, 9.17) is 16.7 Å². The van der Waals surface area contributed by atoms with Gasteiger partial charge in [0.25, 0.3) is 0 Å². The summed E-state index contributed by atoms with van der Waals surface area (Å²) in [6.07, 6.45) is 0. The monoisotopic (exact) mass is 389 g/mol. The summed E-state index contributed by atoms with van der Waals surface area (Å²) in [5.41, 5.74) is 0.